The van der Waals surface area contributed by atoms with Crippen LogP contribution in [-0.4, -0.2) is 15.7 Å². The summed E-state index contributed by atoms with van der Waals surface area (Å²) in [5.41, 5.74) is 3.55. The number of hydrogen-bond acceptors (Lipinski definition) is 3. The lowest BCUT2D eigenvalue weighted by atomic mass is 10.1. The summed E-state index contributed by atoms with van der Waals surface area (Å²) in [5, 5.41) is 20.1. The van der Waals surface area contributed by atoms with E-state index < -0.39 is 5.91 Å². The first-order chi connectivity index (χ1) is 17.1. The van der Waals surface area contributed by atoms with Gasteiger partial charge in [0.15, 0.2) is 0 Å². The first-order valence-electron chi connectivity index (χ1n) is 10.9. The molecule has 0 aliphatic carbocycles. The fraction of sp³-hybridized carbons (Fsp3) is 0. The number of anilines is 1. The Morgan fingerprint density at radius 2 is 1.63 bits per heavy atom. The third-order valence-corrected chi connectivity index (χ3v) is 5.81. The van der Waals surface area contributed by atoms with Crippen LogP contribution in [0.3, 0.4) is 0 Å². The van der Waals surface area contributed by atoms with Crippen LogP contribution in [0.25, 0.3) is 33.8 Å². The summed E-state index contributed by atoms with van der Waals surface area (Å²) in [6.07, 6.45) is 3.37. The van der Waals surface area contributed by atoms with E-state index in [1.54, 1.807) is 29.1 Å². The SMILES string of the molecule is N#C/C(=C\c1cn(-c2ccccc2)nc1-c1ccc(Cl)cc1)C(=O)Nc1ccc2ccccc2c1. The van der Waals surface area contributed by atoms with Gasteiger partial charge in [-0.05, 0) is 53.2 Å². The standard InChI is InChI=1S/C29H19ClN4O/c30-25-13-10-21(11-14-25)28-24(19-34(33-28)27-8-2-1-3-9-27)16-23(18-31)29(35)32-26-15-12-20-6-4-5-7-22(20)17-26/h1-17,19H,(H,32,35)/b23-16+. The van der Waals surface area contributed by atoms with Gasteiger partial charge in [-0.1, -0.05) is 72.3 Å². The second-order valence-electron chi connectivity index (χ2n) is 7.91. The number of aromatic nitrogens is 2. The van der Waals surface area contributed by atoms with Gasteiger partial charge in [0, 0.05) is 28.0 Å². The van der Waals surface area contributed by atoms with E-state index >= 15 is 0 Å². The highest BCUT2D eigenvalue weighted by atomic mass is 35.5. The quantitative estimate of drug-likeness (QED) is 0.222. The number of carbonyl (C=O) groups is 1. The van der Waals surface area contributed by atoms with Gasteiger partial charge in [0.25, 0.3) is 5.91 Å². The Bertz CT molecular complexity index is 1600. The molecule has 1 N–H and O–H groups in total. The van der Waals surface area contributed by atoms with E-state index in [4.69, 9.17) is 16.7 Å². The number of halogens is 1. The highest BCUT2D eigenvalue weighted by Crippen LogP contribution is 2.27. The first kappa shape index (κ1) is 22.1. The number of nitrogens with one attached hydrogen (secondary N) is 1. The summed E-state index contributed by atoms with van der Waals surface area (Å²) in [4.78, 5) is 13.0. The van der Waals surface area contributed by atoms with Crippen LogP contribution >= 0.6 is 11.6 Å². The molecule has 1 amide bonds. The van der Waals surface area contributed by atoms with Crippen molar-refractivity contribution in [3.05, 3.63) is 119 Å². The Balaban J connectivity index is 1.52. The van der Waals surface area contributed by atoms with E-state index in [1.165, 1.54) is 0 Å². The van der Waals surface area contributed by atoms with Gasteiger partial charge in [0.1, 0.15) is 11.6 Å². The van der Waals surface area contributed by atoms with Crippen LogP contribution < -0.4 is 5.32 Å². The molecular formula is C29H19ClN4O. The van der Waals surface area contributed by atoms with Gasteiger partial charge in [0.05, 0.1) is 11.4 Å². The monoisotopic (exact) mass is 474 g/mol. The van der Waals surface area contributed by atoms with E-state index in [0.717, 1.165) is 22.0 Å². The highest BCUT2D eigenvalue weighted by molar-refractivity contribution is 6.30. The minimum atomic E-state index is -0.489. The third kappa shape index (κ3) is 4.84. The molecule has 5 aromatic rings. The molecule has 0 fully saturated rings. The Morgan fingerprint density at radius 3 is 2.37 bits per heavy atom. The number of hydrogen-bond donors (Lipinski definition) is 1. The van der Waals surface area contributed by atoms with E-state index in [0.29, 0.717) is 22.0 Å². The summed E-state index contributed by atoms with van der Waals surface area (Å²) >= 11 is 6.07. The van der Waals surface area contributed by atoms with Gasteiger partial charge < -0.3 is 5.32 Å². The van der Waals surface area contributed by atoms with E-state index in [1.807, 2.05) is 91.0 Å². The van der Waals surface area contributed by atoms with Crippen molar-refractivity contribution in [3.63, 3.8) is 0 Å². The molecule has 5 nitrogen and oxygen atoms in total. The van der Waals surface area contributed by atoms with Crippen LogP contribution in [0, 0.1) is 11.3 Å². The van der Waals surface area contributed by atoms with Crippen LogP contribution in [0.1, 0.15) is 5.56 Å². The van der Waals surface area contributed by atoms with Gasteiger partial charge in [-0.15, -0.1) is 0 Å². The number of amides is 1. The predicted molar refractivity (Wildman–Crippen MR) is 140 cm³/mol. The van der Waals surface area contributed by atoms with E-state index in [-0.39, 0.29) is 5.57 Å². The Hall–Kier alpha value is -4.66. The van der Waals surface area contributed by atoms with Crippen LogP contribution in [0.2, 0.25) is 5.02 Å². The van der Waals surface area contributed by atoms with Gasteiger partial charge in [0.2, 0.25) is 0 Å². The molecule has 6 heteroatoms. The second kappa shape index (κ2) is 9.68. The predicted octanol–water partition coefficient (Wildman–Crippen LogP) is 6.89. The van der Waals surface area contributed by atoms with Crippen molar-refractivity contribution in [1.29, 1.82) is 5.26 Å². The highest BCUT2D eigenvalue weighted by Gasteiger charge is 2.15. The average molecular weight is 475 g/mol. The number of carbonyl (C=O) groups excluding carboxylic acids is 1. The number of rotatable bonds is 5. The molecule has 1 aromatic heterocycles. The smallest absolute Gasteiger partial charge is 0.266 e. The summed E-state index contributed by atoms with van der Waals surface area (Å²) in [7, 11) is 0. The third-order valence-electron chi connectivity index (χ3n) is 5.55. The maximum Gasteiger partial charge on any atom is 0.266 e. The van der Waals surface area contributed by atoms with Crippen LogP contribution in [0.15, 0.2) is 109 Å². The molecule has 35 heavy (non-hydrogen) atoms. The van der Waals surface area contributed by atoms with Crippen molar-refractivity contribution in [2.24, 2.45) is 0 Å². The molecule has 0 saturated heterocycles. The number of nitriles is 1. The summed E-state index contributed by atoms with van der Waals surface area (Å²) in [6, 6.07) is 32.5. The Morgan fingerprint density at radius 1 is 0.914 bits per heavy atom. The first-order valence-corrected chi connectivity index (χ1v) is 11.3. The molecule has 0 aliphatic heterocycles. The van der Waals surface area contributed by atoms with Crippen molar-refractivity contribution in [1.82, 2.24) is 9.78 Å². The topological polar surface area (TPSA) is 70.7 Å². The van der Waals surface area contributed by atoms with Crippen molar-refractivity contribution >= 4 is 40.0 Å². The fourth-order valence-corrected chi connectivity index (χ4v) is 3.93. The molecule has 4 aromatic carbocycles. The van der Waals surface area contributed by atoms with Crippen LogP contribution in [0.4, 0.5) is 5.69 Å². The van der Waals surface area contributed by atoms with Crippen molar-refractivity contribution in [2.75, 3.05) is 5.32 Å². The lowest BCUT2D eigenvalue weighted by Crippen LogP contribution is -2.13. The molecular weight excluding hydrogens is 456 g/mol. The molecule has 0 bridgehead atoms. The largest absolute Gasteiger partial charge is 0.321 e. The molecule has 0 spiro atoms. The Labute approximate surface area is 207 Å². The fourth-order valence-electron chi connectivity index (χ4n) is 3.81. The van der Waals surface area contributed by atoms with E-state index in [9.17, 15) is 10.1 Å². The lowest BCUT2D eigenvalue weighted by Gasteiger charge is -2.06. The molecule has 5 rings (SSSR count). The minimum absolute atomic E-state index is 0.0269. The zero-order valence-corrected chi connectivity index (χ0v) is 19.3. The number of para-hydroxylation sites is 1. The lowest BCUT2D eigenvalue weighted by molar-refractivity contribution is -0.112. The zero-order chi connectivity index (χ0) is 24.2. The number of benzene rings is 4. The molecule has 0 atom stereocenters. The Kier molecular flexibility index (Phi) is 6.13. The summed E-state index contributed by atoms with van der Waals surface area (Å²) < 4.78 is 1.73. The minimum Gasteiger partial charge on any atom is -0.321 e. The summed E-state index contributed by atoms with van der Waals surface area (Å²) in [6.45, 7) is 0. The molecule has 0 unspecified atom stereocenters. The van der Waals surface area contributed by atoms with Crippen molar-refractivity contribution in [2.45, 2.75) is 0 Å². The molecule has 1 heterocycles. The van der Waals surface area contributed by atoms with Crippen molar-refractivity contribution < 1.29 is 4.79 Å². The van der Waals surface area contributed by atoms with Gasteiger partial charge in [-0.25, -0.2) is 4.68 Å². The number of fused-ring (bicyclic) bond motifs is 1. The second-order valence-corrected chi connectivity index (χ2v) is 8.34. The average Bonchev–Trinajstić information content (AvgIpc) is 3.32. The molecule has 0 radical (unpaired) electrons. The van der Waals surface area contributed by atoms with Gasteiger partial charge in [-0.2, -0.15) is 10.4 Å². The molecule has 0 aliphatic rings. The zero-order valence-electron chi connectivity index (χ0n) is 18.5. The number of nitrogens with zero attached hydrogens (tertiary/aromatic N) is 3. The van der Waals surface area contributed by atoms with E-state index in [2.05, 4.69) is 5.32 Å². The normalized spacial score (nSPS) is 11.3. The van der Waals surface area contributed by atoms with Gasteiger partial charge in [-0.3, -0.25) is 4.79 Å². The molecule has 0 saturated carbocycles. The van der Waals surface area contributed by atoms with Crippen LogP contribution in [0.5, 0.6) is 0 Å². The maximum absolute atomic E-state index is 13.0. The maximum atomic E-state index is 13.0. The summed E-state index contributed by atoms with van der Waals surface area (Å²) in [5.74, 6) is -0.489. The molecule has 168 valence electrons. The van der Waals surface area contributed by atoms with Crippen molar-refractivity contribution in [3.8, 4) is 23.0 Å². The van der Waals surface area contributed by atoms with Gasteiger partial charge >= 0.3 is 0 Å². The van der Waals surface area contributed by atoms with Crippen LogP contribution in [-0.2, 0) is 4.79 Å².